The molecule has 1 fully saturated rings. The van der Waals surface area contributed by atoms with E-state index >= 15 is 0 Å². The predicted molar refractivity (Wildman–Crippen MR) is 57.7 cm³/mol. The van der Waals surface area contributed by atoms with E-state index in [4.69, 9.17) is 6.42 Å². The highest BCUT2D eigenvalue weighted by Crippen LogP contribution is 2.26. The van der Waals surface area contributed by atoms with E-state index in [0.29, 0.717) is 18.9 Å². The van der Waals surface area contributed by atoms with Crippen molar-refractivity contribution in [2.45, 2.75) is 38.5 Å². The molecule has 1 aliphatic carbocycles. The van der Waals surface area contributed by atoms with Crippen LogP contribution in [-0.2, 0) is 4.79 Å². The molecule has 2 nitrogen and oxygen atoms in total. The third-order valence-corrected chi connectivity index (χ3v) is 2.94. The van der Waals surface area contributed by atoms with Gasteiger partial charge in [0, 0.05) is 13.5 Å². The van der Waals surface area contributed by atoms with Crippen molar-refractivity contribution in [3.8, 4) is 12.3 Å². The molecule has 0 aromatic rings. The minimum Gasteiger partial charge on any atom is -0.335 e. The molecule has 78 valence electrons. The van der Waals surface area contributed by atoms with Crippen LogP contribution >= 0.6 is 0 Å². The standard InChI is InChI=1S/C12H19NO/c1-3-9-13(2)12(14)10-11-7-5-4-6-8-11/h1,11H,4-10H2,2H3. The van der Waals surface area contributed by atoms with Gasteiger partial charge in [0.05, 0.1) is 6.54 Å². The van der Waals surface area contributed by atoms with Crippen LogP contribution in [0, 0.1) is 18.3 Å². The SMILES string of the molecule is C#CCN(C)C(=O)CC1CCCCC1. The number of carbonyl (C=O) groups is 1. The Morgan fingerprint density at radius 2 is 2.07 bits per heavy atom. The summed E-state index contributed by atoms with van der Waals surface area (Å²) < 4.78 is 0. The van der Waals surface area contributed by atoms with E-state index in [1.165, 1.54) is 32.1 Å². The Hall–Kier alpha value is -0.970. The first-order valence-electron chi connectivity index (χ1n) is 5.41. The van der Waals surface area contributed by atoms with Crippen LogP contribution in [0.4, 0.5) is 0 Å². The molecule has 0 heterocycles. The minimum atomic E-state index is 0.204. The number of carbonyl (C=O) groups excluding carboxylic acids is 1. The number of terminal acetylenes is 1. The van der Waals surface area contributed by atoms with Crippen molar-refractivity contribution < 1.29 is 4.79 Å². The van der Waals surface area contributed by atoms with E-state index in [1.807, 2.05) is 0 Å². The Labute approximate surface area is 86.7 Å². The molecule has 2 heteroatoms. The van der Waals surface area contributed by atoms with Gasteiger partial charge < -0.3 is 4.90 Å². The average molecular weight is 193 g/mol. The maximum absolute atomic E-state index is 11.6. The van der Waals surface area contributed by atoms with Gasteiger partial charge >= 0.3 is 0 Å². The van der Waals surface area contributed by atoms with E-state index in [0.717, 1.165) is 0 Å². The summed E-state index contributed by atoms with van der Waals surface area (Å²) in [6.07, 6.45) is 12.2. The number of amides is 1. The van der Waals surface area contributed by atoms with Gasteiger partial charge in [-0.25, -0.2) is 0 Å². The van der Waals surface area contributed by atoms with Crippen molar-refractivity contribution in [2.75, 3.05) is 13.6 Å². The Morgan fingerprint density at radius 1 is 1.43 bits per heavy atom. The highest BCUT2D eigenvalue weighted by Gasteiger charge is 2.18. The van der Waals surface area contributed by atoms with Crippen molar-refractivity contribution >= 4 is 5.91 Å². The van der Waals surface area contributed by atoms with Crippen LogP contribution in [0.5, 0.6) is 0 Å². The summed E-state index contributed by atoms with van der Waals surface area (Å²) in [6.45, 7) is 0.436. The summed E-state index contributed by atoms with van der Waals surface area (Å²) in [6, 6.07) is 0. The summed E-state index contributed by atoms with van der Waals surface area (Å²) in [4.78, 5) is 13.3. The van der Waals surface area contributed by atoms with Crippen LogP contribution < -0.4 is 0 Å². The monoisotopic (exact) mass is 193 g/mol. The van der Waals surface area contributed by atoms with E-state index in [1.54, 1.807) is 11.9 Å². The maximum Gasteiger partial charge on any atom is 0.223 e. The van der Waals surface area contributed by atoms with Crippen LogP contribution in [0.2, 0.25) is 0 Å². The van der Waals surface area contributed by atoms with E-state index in [-0.39, 0.29) is 5.91 Å². The lowest BCUT2D eigenvalue weighted by Crippen LogP contribution is -2.29. The molecule has 0 spiro atoms. The van der Waals surface area contributed by atoms with Crippen LogP contribution in [0.1, 0.15) is 38.5 Å². The Bertz CT molecular complexity index is 223. The van der Waals surface area contributed by atoms with E-state index in [9.17, 15) is 4.79 Å². The molecule has 1 aliphatic rings. The van der Waals surface area contributed by atoms with Gasteiger partial charge in [0.15, 0.2) is 0 Å². The lowest BCUT2D eigenvalue weighted by molar-refractivity contribution is -0.130. The second-order valence-corrected chi connectivity index (χ2v) is 4.16. The van der Waals surface area contributed by atoms with Gasteiger partial charge in [0.1, 0.15) is 0 Å². The molecule has 0 N–H and O–H groups in total. The van der Waals surface area contributed by atoms with Crippen LogP contribution in [-0.4, -0.2) is 24.4 Å². The maximum atomic E-state index is 11.6. The average Bonchev–Trinajstić information content (AvgIpc) is 2.19. The van der Waals surface area contributed by atoms with Crippen LogP contribution in [0.15, 0.2) is 0 Å². The van der Waals surface area contributed by atoms with Crippen molar-refractivity contribution in [3.63, 3.8) is 0 Å². The van der Waals surface area contributed by atoms with Gasteiger partial charge in [0.2, 0.25) is 5.91 Å². The van der Waals surface area contributed by atoms with Crippen molar-refractivity contribution in [1.82, 2.24) is 4.90 Å². The molecule has 0 unspecified atom stereocenters. The highest BCUT2D eigenvalue weighted by molar-refractivity contribution is 5.76. The van der Waals surface area contributed by atoms with Gasteiger partial charge in [-0.3, -0.25) is 4.79 Å². The van der Waals surface area contributed by atoms with Crippen molar-refractivity contribution in [1.29, 1.82) is 0 Å². The third kappa shape index (κ3) is 3.41. The van der Waals surface area contributed by atoms with Crippen LogP contribution in [0.25, 0.3) is 0 Å². The normalized spacial score (nSPS) is 17.4. The molecular formula is C12H19NO. The zero-order chi connectivity index (χ0) is 10.4. The molecule has 0 radical (unpaired) electrons. The molecule has 0 aromatic heterocycles. The first-order chi connectivity index (χ1) is 6.74. The van der Waals surface area contributed by atoms with Gasteiger partial charge in [-0.15, -0.1) is 6.42 Å². The third-order valence-electron chi connectivity index (χ3n) is 2.94. The molecule has 0 aliphatic heterocycles. The van der Waals surface area contributed by atoms with E-state index < -0.39 is 0 Å². The Kier molecular flexibility index (Phi) is 4.52. The Morgan fingerprint density at radius 3 is 2.64 bits per heavy atom. The van der Waals surface area contributed by atoms with Gasteiger partial charge in [-0.2, -0.15) is 0 Å². The summed E-state index contributed by atoms with van der Waals surface area (Å²) in [7, 11) is 1.78. The van der Waals surface area contributed by atoms with Crippen molar-refractivity contribution in [2.24, 2.45) is 5.92 Å². The fourth-order valence-electron chi connectivity index (χ4n) is 2.02. The first-order valence-corrected chi connectivity index (χ1v) is 5.41. The molecule has 0 saturated heterocycles. The molecule has 0 aromatic carbocycles. The predicted octanol–water partition coefficient (Wildman–Crippen LogP) is 2.05. The highest BCUT2D eigenvalue weighted by atomic mass is 16.2. The summed E-state index contributed by atoms with van der Waals surface area (Å²) in [5, 5.41) is 0. The second-order valence-electron chi connectivity index (χ2n) is 4.16. The molecule has 1 saturated carbocycles. The zero-order valence-electron chi connectivity index (χ0n) is 8.96. The number of rotatable bonds is 3. The Balaban J connectivity index is 2.28. The van der Waals surface area contributed by atoms with E-state index in [2.05, 4.69) is 5.92 Å². The van der Waals surface area contributed by atoms with Gasteiger partial charge in [0.25, 0.3) is 0 Å². The number of hydrogen-bond donors (Lipinski definition) is 0. The smallest absolute Gasteiger partial charge is 0.223 e. The molecule has 0 bridgehead atoms. The number of hydrogen-bond acceptors (Lipinski definition) is 1. The quantitative estimate of drug-likeness (QED) is 0.628. The van der Waals surface area contributed by atoms with Crippen molar-refractivity contribution in [3.05, 3.63) is 0 Å². The largest absolute Gasteiger partial charge is 0.335 e. The number of nitrogens with zero attached hydrogens (tertiary/aromatic N) is 1. The summed E-state index contributed by atoms with van der Waals surface area (Å²) >= 11 is 0. The fourth-order valence-corrected chi connectivity index (χ4v) is 2.02. The lowest BCUT2D eigenvalue weighted by atomic mass is 9.87. The fraction of sp³-hybridized carbons (Fsp3) is 0.750. The lowest BCUT2D eigenvalue weighted by Gasteiger charge is -2.23. The molecular weight excluding hydrogens is 174 g/mol. The molecule has 14 heavy (non-hydrogen) atoms. The van der Waals surface area contributed by atoms with Gasteiger partial charge in [-0.1, -0.05) is 25.2 Å². The van der Waals surface area contributed by atoms with Crippen LogP contribution in [0.3, 0.4) is 0 Å². The zero-order valence-corrected chi connectivity index (χ0v) is 8.96. The first kappa shape index (κ1) is 11.1. The topological polar surface area (TPSA) is 20.3 Å². The molecule has 1 rings (SSSR count). The minimum absolute atomic E-state index is 0.204. The summed E-state index contributed by atoms with van der Waals surface area (Å²) in [5.41, 5.74) is 0. The van der Waals surface area contributed by atoms with Gasteiger partial charge in [-0.05, 0) is 18.8 Å². The summed E-state index contributed by atoms with van der Waals surface area (Å²) in [5.74, 6) is 3.30. The molecule has 0 atom stereocenters. The second kappa shape index (κ2) is 5.70. The molecule has 1 amide bonds.